The van der Waals surface area contributed by atoms with E-state index >= 15 is 0 Å². The maximum absolute atomic E-state index is 11.9. The lowest BCUT2D eigenvalue weighted by Gasteiger charge is -2.23. The molecule has 1 amide bonds. The number of hydrogen-bond donors (Lipinski definition) is 2. The average Bonchev–Trinajstić information content (AvgIpc) is 2.51. The van der Waals surface area contributed by atoms with Gasteiger partial charge >= 0.3 is 6.09 Å². The number of aromatic hydroxyl groups is 1. The Morgan fingerprint density at radius 1 is 1.17 bits per heavy atom. The van der Waals surface area contributed by atoms with E-state index in [1.165, 1.54) is 0 Å². The fourth-order valence-corrected chi connectivity index (χ4v) is 2.58. The van der Waals surface area contributed by atoms with Crippen LogP contribution in [0.3, 0.4) is 0 Å². The largest absolute Gasteiger partial charge is 0.507 e. The van der Waals surface area contributed by atoms with Crippen molar-refractivity contribution in [1.29, 1.82) is 0 Å². The van der Waals surface area contributed by atoms with E-state index < -0.39 is 12.1 Å². The molecule has 0 aliphatic carbocycles. The summed E-state index contributed by atoms with van der Waals surface area (Å²) in [5, 5.41) is 13.9. The number of nitrogens with one attached hydrogen (secondary N) is 1. The van der Waals surface area contributed by atoms with E-state index in [1.54, 1.807) is 19.1 Å². The lowest BCUT2D eigenvalue weighted by Crippen LogP contribution is -2.30. The SMILES string of the molecule is CCOC(=O)NC(c1ccc(Cl)cc1)c1c(C)ccc(C)c1O. The van der Waals surface area contributed by atoms with Gasteiger partial charge in [0.15, 0.2) is 0 Å². The predicted octanol–water partition coefficient (Wildman–Crippen LogP) is 4.50. The molecule has 0 fully saturated rings. The summed E-state index contributed by atoms with van der Waals surface area (Å²) >= 11 is 5.94. The van der Waals surface area contributed by atoms with Gasteiger partial charge in [-0.1, -0.05) is 35.9 Å². The fraction of sp³-hybridized carbons (Fsp3) is 0.278. The Bertz CT molecular complexity index is 698. The molecule has 122 valence electrons. The number of halogens is 1. The van der Waals surface area contributed by atoms with E-state index in [-0.39, 0.29) is 12.4 Å². The summed E-state index contributed by atoms with van der Waals surface area (Å²) in [7, 11) is 0. The molecule has 0 aliphatic heterocycles. The van der Waals surface area contributed by atoms with E-state index in [0.717, 1.165) is 16.7 Å². The van der Waals surface area contributed by atoms with Crippen LogP contribution in [0.2, 0.25) is 5.02 Å². The number of hydrogen-bond acceptors (Lipinski definition) is 3. The van der Waals surface area contributed by atoms with E-state index in [2.05, 4.69) is 5.32 Å². The smallest absolute Gasteiger partial charge is 0.407 e. The summed E-state index contributed by atoms with van der Waals surface area (Å²) in [6.45, 7) is 5.73. The molecule has 4 nitrogen and oxygen atoms in total. The number of amides is 1. The first kappa shape index (κ1) is 17.2. The molecule has 0 heterocycles. The fourth-order valence-electron chi connectivity index (χ4n) is 2.45. The van der Waals surface area contributed by atoms with Crippen molar-refractivity contribution >= 4 is 17.7 Å². The second-order valence-corrected chi connectivity index (χ2v) is 5.75. The Labute approximate surface area is 141 Å². The highest BCUT2D eigenvalue weighted by atomic mass is 35.5. The molecule has 1 unspecified atom stereocenters. The molecule has 0 saturated heterocycles. The van der Waals surface area contributed by atoms with Crippen molar-refractivity contribution in [2.45, 2.75) is 26.8 Å². The van der Waals surface area contributed by atoms with Gasteiger partial charge in [-0.05, 0) is 49.6 Å². The quantitative estimate of drug-likeness (QED) is 0.866. The molecule has 0 aromatic heterocycles. The Morgan fingerprint density at radius 3 is 2.39 bits per heavy atom. The molecule has 2 rings (SSSR count). The molecule has 2 aromatic rings. The van der Waals surface area contributed by atoms with Crippen LogP contribution < -0.4 is 5.32 Å². The second kappa shape index (κ2) is 7.38. The van der Waals surface area contributed by atoms with Crippen molar-refractivity contribution in [3.8, 4) is 5.75 Å². The van der Waals surface area contributed by atoms with Gasteiger partial charge in [0.1, 0.15) is 5.75 Å². The minimum atomic E-state index is -0.534. The standard InChI is InChI=1S/C18H20ClNO3/c1-4-23-18(22)20-16(13-7-9-14(19)10-8-13)15-11(2)5-6-12(3)17(15)21/h5-10,16,21H,4H2,1-3H3,(H,20,22). The van der Waals surface area contributed by atoms with Gasteiger partial charge in [-0.2, -0.15) is 0 Å². The number of ether oxygens (including phenoxy) is 1. The molecule has 1 atom stereocenters. The zero-order valence-corrected chi connectivity index (χ0v) is 14.1. The Morgan fingerprint density at radius 2 is 1.78 bits per heavy atom. The molecule has 2 N–H and O–H groups in total. The number of alkyl carbamates (subject to hydrolysis) is 1. The normalized spacial score (nSPS) is 11.8. The Kier molecular flexibility index (Phi) is 5.50. The lowest BCUT2D eigenvalue weighted by atomic mass is 9.92. The highest BCUT2D eigenvalue weighted by molar-refractivity contribution is 6.30. The van der Waals surface area contributed by atoms with E-state index in [9.17, 15) is 9.90 Å². The summed E-state index contributed by atoms with van der Waals surface area (Å²) < 4.78 is 4.99. The third-order valence-electron chi connectivity index (χ3n) is 3.67. The van der Waals surface area contributed by atoms with Gasteiger partial charge in [-0.25, -0.2) is 4.79 Å². The summed E-state index contributed by atoms with van der Waals surface area (Å²) in [5.41, 5.74) is 3.09. The van der Waals surface area contributed by atoms with Gasteiger partial charge in [-0.15, -0.1) is 0 Å². The Hall–Kier alpha value is -2.20. The van der Waals surface area contributed by atoms with Crippen LogP contribution in [-0.2, 0) is 4.74 Å². The van der Waals surface area contributed by atoms with Crippen molar-refractivity contribution in [2.24, 2.45) is 0 Å². The van der Waals surface area contributed by atoms with Crippen LogP contribution in [0.4, 0.5) is 4.79 Å². The highest BCUT2D eigenvalue weighted by Crippen LogP contribution is 2.35. The van der Waals surface area contributed by atoms with E-state index in [1.807, 2.05) is 38.1 Å². The first-order valence-electron chi connectivity index (χ1n) is 7.41. The van der Waals surface area contributed by atoms with Crippen LogP contribution >= 0.6 is 11.6 Å². The van der Waals surface area contributed by atoms with Gasteiger partial charge in [0.05, 0.1) is 12.6 Å². The van der Waals surface area contributed by atoms with Crippen molar-refractivity contribution in [3.63, 3.8) is 0 Å². The number of rotatable bonds is 4. The van der Waals surface area contributed by atoms with E-state index in [0.29, 0.717) is 10.6 Å². The maximum Gasteiger partial charge on any atom is 0.407 e. The van der Waals surface area contributed by atoms with Gasteiger partial charge in [0.25, 0.3) is 0 Å². The minimum absolute atomic E-state index is 0.168. The van der Waals surface area contributed by atoms with Crippen LogP contribution in [-0.4, -0.2) is 17.8 Å². The minimum Gasteiger partial charge on any atom is -0.507 e. The molecule has 0 saturated carbocycles. The van der Waals surface area contributed by atoms with Gasteiger partial charge in [0.2, 0.25) is 0 Å². The first-order chi connectivity index (χ1) is 10.9. The highest BCUT2D eigenvalue weighted by Gasteiger charge is 2.23. The van der Waals surface area contributed by atoms with Crippen LogP contribution in [0.1, 0.15) is 35.2 Å². The molecule has 2 aromatic carbocycles. The number of carbonyl (C=O) groups is 1. The molecular weight excluding hydrogens is 314 g/mol. The summed E-state index contributed by atoms with van der Waals surface area (Å²) in [6.07, 6.45) is -0.534. The summed E-state index contributed by atoms with van der Waals surface area (Å²) in [4.78, 5) is 11.9. The molecular formula is C18H20ClNO3. The van der Waals surface area contributed by atoms with E-state index in [4.69, 9.17) is 16.3 Å². The average molecular weight is 334 g/mol. The lowest BCUT2D eigenvalue weighted by molar-refractivity contribution is 0.149. The molecule has 23 heavy (non-hydrogen) atoms. The molecule has 0 aliphatic rings. The number of benzene rings is 2. The van der Waals surface area contributed by atoms with Crippen LogP contribution in [0.5, 0.6) is 5.75 Å². The van der Waals surface area contributed by atoms with Crippen molar-refractivity contribution in [2.75, 3.05) is 6.61 Å². The number of phenols is 1. The monoisotopic (exact) mass is 333 g/mol. The van der Waals surface area contributed by atoms with Crippen LogP contribution in [0.15, 0.2) is 36.4 Å². The first-order valence-corrected chi connectivity index (χ1v) is 7.79. The molecule has 0 bridgehead atoms. The van der Waals surface area contributed by atoms with Gasteiger partial charge in [-0.3, -0.25) is 0 Å². The second-order valence-electron chi connectivity index (χ2n) is 5.31. The maximum atomic E-state index is 11.9. The Balaban J connectivity index is 2.51. The van der Waals surface area contributed by atoms with Crippen molar-refractivity contribution < 1.29 is 14.6 Å². The molecule has 0 spiro atoms. The number of carbonyl (C=O) groups excluding carboxylic acids is 1. The third kappa shape index (κ3) is 3.96. The third-order valence-corrected chi connectivity index (χ3v) is 3.92. The van der Waals surface area contributed by atoms with Crippen molar-refractivity contribution in [3.05, 3.63) is 63.7 Å². The zero-order chi connectivity index (χ0) is 17.0. The number of aryl methyl sites for hydroxylation is 2. The van der Waals surface area contributed by atoms with Crippen LogP contribution in [0, 0.1) is 13.8 Å². The molecule has 5 heteroatoms. The van der Waals surface area contributed by atoms with Crippen LogP contribution in [0.25, 0.3) is 0 Å². The predicted molar refractivity (Wildman–Crippen MR) is 91.0 cm³/mol. The molecule has 0 radical (unpaired) electrons. The topological polar surface area (TPSA) is 58.6 Å². The number of phenolic OH excluding ortho intramolecular Hbond substituents is 1. The zero-order valence-electron chi connectivity index (χ0n) is 13.4. The van der Waals surface area contributed by atoms with Crippen molar-refractivity contribution in [1.82, 2.24) is 5.32 Å². The summed E-state index contributed by atoms with van der Waals surface area (Å²) in [5.74, 6) is 0.168. The van der Waals surface area contributed by atoms with Gasteiger partial charge < -0.3 is 15.2 Å². The summed E-state index contributed by atoms with van der Waals surface area (Å²) in [6, 6.07) is 10.4. The van der Waals surface area contributed by atoms with Gasteiger partial charge in [0, 0.05) is 10.6 Å².